The number of allylic oxidation sites excluding steroid dienone is 1. The summed E-state index contributed by atoms with van der Waals surface area (Å²) in [5.41, 5.74) is 0. The summed E-state index contributed by atoms with van der Waals surface area (Å²) >= 11 is 1.37. The highest BCUT2D eigenvalue weighted by Crippen LogP contribution is 2.14. The molecular formula is C12H18N4O2S. The lowest BCUT2D eigenvalue weighted by atomic mass is 10.2. The Morgan fingerprint density at radius 3 is 3.37 bits per heavy atom. The molecule has 1 aromatic heterocycles. The number of ether oxygens (including phenoxy) is 1. The maximum Gasteiger partial charge on any atom is 0.230 e. The van der Waals surface area contributed by atoms with Crippen molar-refractivity contribution in [2.24, 2.45) is 0 Å². The first-order valence-corrected chi connectivity index (χ1v) is 7.28. The summed E-state index contributed by atoms with van der Waals surface area (Å²) in [6, 6.07) is 0. The summed E-state index contributed by atoms with van der Waals surface area (Å²) in [6.07, 6.45) is 5.69. The molecule has 1 saturated heterocycles. The monoisotopic (exact) mass is 282 g/mol. The Morgan fingerprint density at radius 2 is 2.63 bits per heavy atom. The minimum atomic E-state index is -0.00588. The number of hydrogen-bond donors (Lipinski definition) is 1. The molecule has 1 fully saturated rings. The van der Waals surface area contributed by atoms with Gasteiger partial charge in [-0.3, -0.25) is 4.79 Å². The molecule has 7 heteroatoms. The van der Waals surface area contributed by atoms with Crippen LogP contribution in [0.1, 0.15) is 12.8 Å². The van der Waals surface area contributed by atoms with Gasteiger partial charge in [0.05, 0.1) is 11.9 Å². The van der Waals surface area contributed by atoms with Crippen molar-refractivity contribution in [1.82, 2.24) is 20.1 Å². The largest absolute Gasteiger partial charge is 0.376 e. The van der Waals surface area contributed by atoms with Crippen LogP contribution in [0.2, 0.25) is 0 Å². The van der Waals surface area contributed by atoms with Crippen LogP contribution in [0, 0.1) is 0 Å². The predicted octanol–water partition coefficient (Wildman–Crippen LogP) is 0.851. The van der Waals surface area contributed by atoms with E-state index in [0.29, 0.717) is 18.8 Å². The standard InChI is InChI=1S/C12H18N4O2S/c1-2-5-16-9-14-15-12(16)19-8-11(17)13-7-10-4-3-6-18-10/h2,9-10H,1,3-8H2,(H,13,17)/t10-/m0/s1. The van der Waals surface area contributed by atoms with Crippen molar-refractivity contribution in [3.63, 3.8) is 0 Å². The van der Waals surface area contributed by atoms with E-state index in [-0.39, 0.29) is 12.0 Å². The van der Waals surface area contributed by atoms with Gasteiger partial charge in [0.15, 0.2) is 5.16 Å². The van der Waals surface area contributed by atoms with E-state index in [9.17, 15) is 4.79 Å². The van der Waals surface area contributed by atoms with Gasteiger partial charge in [-0.15, -0.1) is 16.8 Å². The SMILES string of the molecule is C=CCn1cnnc1SCC(=O)NC[C@@H]1CCCO1. The number of nitrogens with one attached hydrogen (secondary N) is 1. The van der Waals surface area contributed by atoms with Crippen LogP contribution in [0.15, 0.2) is 24.1 Å². The Labute approximate surface area is 116 Å². The van der Waals surface area contributed by atoms with Crippen molar-refractivity contribution in [3.8, 4) is 0 Å². The molecule has 0 saturated carbocycles. The zero-order valence-corrected chi connectivity index (χ0v) is 11.6. The quantitative estimate of drug-likeness (QED) is 0.593. The fraction of sp³-hybridized carbons (Fsp3) is 0.583. The van der Waals surface area contributed by atoms with Gasteiger partial charge in [0, 0.05) is 19.7 Å². The van der Waals surface area contributed by atoms with Gasteiger partial charge in [-0.05, 0) is 12.8 Å². The van der Waals surface area contributed by atoms with Crippen LogP contribution >= 0.6 is 11.8 Å². The van der Waals surface area contributed by atoms with E-state index < -0.39 is 0 Å². The van der Waals surface area contributed by atoms with Crippen LogP contribution in [-0.2, 0) is 16.1 Å². The predicted molar refractivity (Wildman–Crippen MR) is 72.9 cm³/mol. The zero-order chi connectivity index (χ0) is 13.5. The number of aromatic nitrogens is 3. The zero-order valence-electron chi connectivity index (χ0n) is 10.7. The third-order valence-electron chi connectivity index (χ3n) is 2.79. The maximum absolute atomic E-state index is 11.7. The molecule has 19 heavy (non-hydrogen) atoms. The van der Waals surface area contributed by atoms with Crippen molar-refractivity contribution in [3.05, 3.63) is 19.0 Å². The molecule has 1 aromatic rings. The van der Waals surface area contributed by atoms with Gasteiger partial charge in [0.2, 0.25) is 5.91 Å². The van der Waals surface area contributed by atoms with Crippen molar-refractivity contribution in [2.75, 3.05) is 18.9 Å². The third-order valence-corrected chi connectivity index (χ3v) is 3.77. The number of thioether (sulfide) groups is 1. The van der Waals surface area contributed by atoms with E-state index in [0.717, 1.165) is 24.6 Å². The van der Waals surface area contributed by atoms with Crippen LogP contribution in [0.3, 0.4) is 0 Å². The molecule has 0 bridgehead atoms. The van der Waals surface area contributed by atoms with E-state index >= 15 is 0 Å². The highest BCUT2D eigenvalue weighted by Gasteiger charge is 2.16. The Kier molecular flexibility index (Phi) is 5.41. The minimum absolute atomic E-state index is 0.00588. The molecule has 2 heterocycles. The molecule has 0 spiro atoms. The summed E-state index contributed by atoms with van der Waals surface area (Å²) in [7, 11) is 0. The number of carbonyl (C=O) groups excluding carboxylic acids is 1. The van der Waals surface area contributed by atoms with Gasteiger partial charge in [-0.25, -0.2) is 0 Å². The normalized spacial score (nSPS) is 18.4. The first-order chi connectivity index (χ1) is 9.29. The van der Waals surface area contributed by atoms with Crippen molar-refractivity contribution >= 4 is 17.7 Å². The smallest absolute Gasteiger partial charge is 0.230 e. The van der Waals surface area contributed by atoms with Crippen LogP contribution in [-0.4, -0.2) is 45.7 Å². The molecule has 6 nitrogen and oxygen atoms in total. The van der Waals surface area contributed by atoms with Gasteiger partial charge in [-0.1, -0.05) is 17.8 Å². The summed E-state index contributed by atoms with van der Waals surface area (Å²) in [6.45, 7) is 5.71. The second-order valence-electron chi connectivity index (χ2n) is 4.28. The molecule has 1 aliphatic rings. The molecule has 0 aromatic carbocycles. The highest BCUT2D eigenvalue weighted by molar-refractivity contribution is 7.99. The van der Waals surface area contributed by atoms with Gasteiger partial charge < -0.3 is 14.6 Å². The fourth-order valence-electron chi connectivity index (χ4n) is 1.83. The number of rotatable bonds is 7. The Bertz CT molecular complexity index is 429. The van der Waals surface area contributed by atoms with Gasteiger partial charge >= 0.3 is 0 Å². The topological polar surface area (TPSA) is 69.0 Å². The molecule has 0 unspecified atom stereocenters. The first kappa shape index (κ1) is 14.1. The van der Waals surface area contributed by atoms with E-state index in [1.54, 1.807) is 12.4 Å². The first-order valence-electron chi connectivity index (χ1n) is 6.29. The Balaban J connectivity index is 1.70. The molecule has 0 radical (unpaired) electrons. The minimum Gasteiger partial charge on any atom is -0.376 e. The average Bonchev–Trinajstić information content (AvgIpc) is 3.06. The van der Waals surface area contributed by atoms with Crippen molar-refractivity contribution in [2.45, 2.75) is 30.6 Å². The molecule has 104 valence electrons. The summed E-state index contributed by atoms with van der Waals surface area (Å²) in [5.74, 6) is 0.330. The molecule has 0 aliphatic carbocycles. The number of hydrogen-bond acceptors (Lipinski definition) is 5. The third kappa shape index (κ3) is 4.36. The summed E-state index contributed by atoms with van der Waals surface area (Å²) < 4.78 is 7.30. The van der Waals surface area contributed by atoms with E-state index in [1.165, 1.54) is 11.8 Å². The molecule has 1 aliphatic heterocycles. The fourth-order valence-corrected chi connectivity index (χ4v) is 2.59. The number of carbonyl (C=O) groups is 1. The number of nitrogens with zero attached hydrogens (tertiary/aromatic N) is 3. The summed E-state index contributed by atoms with van der Waals surface area (Å²) in [5, 5.41) is 11.4. The van der Waals surface area contributed by atoms with Crippen molar-refractivity contribution < 1.29 is 9.53 Å². The molecule has 1 atom stereocenters. The lowest BCUT2D eigenvalue weighted by molar-refractivity contribution is -0.119. The average molecular weight is 282 g/mol. The Morgan fingerprint density at radius 1 is 1.74 bits per heavy atom. The van der Waals surface area contributed by atoms with Crippen LogP contribution in [0.4, 0.5) is 0 Å². The van der Waals surface area contributed by atoms with E-state index in [4.69, 9.17) is 4.74 Å². The maximum atomic E-state index is 11.7. The molecule has 1 N–H and O–H groups in total. The van der Waals surface area contributed by atoms with Gasteiger partial charge in [0.25, 0.3) is 0 Å². The van der Waals surface area contributed by atoms with Crippen LogP contribution in [0.5, 0.6) is 0 Å². The molecule has 2 rings (SSSR count). The molecular weight excluding hydrogens is 264 g/mol. The lowest BCUT2D eigenvalue weighted by Crippen LogP contribution is -2.32. The van der Waals surface area contributed by atoms with Crippen molar-refractivity contribution in [1.29, 1.82) is 0 Å². The van der Waals surface area contributed by atoms with E-state index in [1.807, 2.05) is 4.57 Å². The second kappa shape index (κ2) is 7.30. The number of amides is 1. The second-order valence-corrected chi connectivity index (χ2v) is 5.22. The van der Waals surface area contributed by atoms with Gasteiger partial charge in [0.1, 0.15) is 6.33 Å². The van der Waals surface area contributed by atoms with E-state index in [2.05, 4.69) is 22.1 Å². The lowest BCUT2D eigenvalue weighted by Gasteiger charge is -2.10. The summed E-state index contributed by atoms with van der Waals surface area (Å²) in [4.78, 5) is 11.7. The van der Waals surface area contributed by atoms with Crippen LogP contribution < -0.4 is 5.32 Å². The van der Waals surface area contributed by atoms with Gasteiger partial charge in [-0.2, -0.15) is 0 Å². The Hall–Kier alpha value is -1.34. The molecule has 1 amide bonds. The van der Waals surface area contributed by atoms with Crippen LogP contribution in [0.25, 0.3) is 0 Å². The highest BCUT2D eigenvalue weighted by atomic mass is 32.2.